The van der Waals surface area contributed by atoms with Gasteiger partial charge in [-0.05, 0) is 78.7 Å². The van der Waals surface area contributed by atoms with Crippen LogP contribution in [0.3, 0.4) is 0 Å². The molecule has 59 heavy (non-hydrogen) atoms. The number of quaternary nitrogens is 1. The summed E-state index contributed by atoms with van der Waals surface area (Å²) in [6.07, 6.45) is 9.96. The van der Waals surface area contributed by atoms with Gasteiger partial charge in [0.05, 0.1) is 29.0 Å². The number of thioether (sulfide) groups is 1. The van der Waals surface area contributed by atoms with Crippen LogP contribution in [0.2, 0.25) is 0 Å². The van der Waals surface area contributed by atoms with Crippen LogP contribution >= 0.6 is 24.0 Å². The first-order valence-corrected chi connectivity index (χ1v) is 20.9. The Morgan fingerprint density at radius 3 is 2.46 bits per heavy atom. The molecule has 0 saturated carbocycles. The number of carboxylic acid groups (broad SMARTS) is 1. The third kappa shape index (κ3) is 6.92. The molecule has 4 aliphatic rings. The Morgan fingerprint density at radius 2 is 1.69 bits per heavy atom. The Labute approximate surface area is 354 Å². The van der Waals surface area contributed by atoms with Crippen molar-refractivity contribution >= 4 is 79.6 Å². The standard InChI is InChI=1S/C47H47N5O5S2/c1-46(2)32-27-30(48(5)40(53)28-52-44(56)37(59-45(52)58)23-24-41-50(7)34-15-10-11-16-36(34)57-41)20-22-33(32)51(26-25-42(54)55)39(46)18-12-17-38-47(3,4)43-31-14-9-8-13-29(31)19-21-35(43)49(38)6/h8-24,27,39H,25-26,28H2,1-7H3,(H,54,55)/p+1/b18-12+,37-23+,38-17+,41-24+. The maximum absolute atomic E-state index is 13.8. The second-order valence-electron chi connectivity index (χ2n) is 16.5. The molecule has 4 aromatic rings. The molecule has 0 aliphatic carbocycles. The zero-order chi connectivity index (χ0) is 42.0. The highest BCUT2D eigenvalue weighted by Crippen LogP contribution is 2.50. The highest BCUT2D eigenvalue weighted by molar-refractivity contribution is 8.26. The van der Waals surface area contributed by atoms with E-state index in [1.165, 1.54) is 32.6 Å². The monoisotopic (exact) mass is 826 g/mol. The number of fused-ring (bicyclic) bond motifs is 5. The summed E-state index contributed by atoms with van der Waals surface area (Å²) in [7, 11) is 5.71. The van der Waals surface area contributed by atoms with E-state index >= 15 is 0 Å². The molecule has 2 atom stereocenters. The number of nitrogens with zero attached hydrogens (tertiary/aromatic N) is 4. The van der Waals surface area contributed by atoms with Gasteiger partial charge in [-0.15, -0.1) is 0 Å². The van der Waals surface area contributed by atoms with Crippen molar-refractivity contribution in [1.82, 2.24) is 4.90 Å². The van der Waals surface area contributed by atoms with Crippen molar-refractivity contribution in [2.75, 3.05) is 48.9 Å². The number of anilines is 3. The Hall–Kier alpha value is -5.69. The molecule has 4 aliphatic heterocycles. The molecule has 0 spiro atoms. The van der Waals surface area contributed by atoms with E-state index in [1.807, 2.05) is 54.4 Å². The number of likely N-dealkylation sites (N-methyl/N-ethyl adjacent to an activating group) is 2. The van der Waals surface area contributed by atoms with Gasteiger partial charge in [-0.1, -0.05) is 86.4 Å². The fraction of sp³-hybridized carbons (Fsp3) is 0.277. The van der Waals surface area contributed by atoms with Gasteiger partial charge in [0.25, 0.3) is 5.91 Å². The minimum atomic E-state index is -0.846. The van der Waals surface area contributed by atoms with Gasteiger partial charge in [0, 0.05) is 61.3 Å². The lowest BCUT2D eigenvalue weighted by Crippen LogP contribution is -3.10. The van der Waals surface area contributed by atoms with Crippen LogP contribution in [0, 0.1) is 0 Å². The smallest absolute Gasteiger partial charge is 0.309 e. The average molecular weight is 827 g/mol. The number of amides is 2. The molecule has 4 aromatic carbocycles. The molecule has 4 heterocycles. The lowest BCUT2D eigenvalue weighted by Gasteiger charge is -2.28. The fourth-order valence-electron chi connectivity index (χ4n) is 9.11. The molecular weight excluding hydrogens is 779 g/mol. The summed E-state index contributed by atoms with van der Waals surface area (Å²) in [6, 6.07) is 26.4. The first kappa shape index (κ1) is 40.1. The van der Waals surface area contributed by atoms with Gasteiger partial charge in [-0.2, -0.15) is 0 Å². The minimum absolute atomic E-state index is 0.0152. The van der Waals surface area contributed by atoms with Crippen LogP contribution in [0.1, 0.15) is 45.2 Å². The number of ether oxygens (including phenoxy) is 1. The number of hydrogen-bond donors (Lipinski definition) is 2. The molecule has 2 N–H and O–H groups in total. The molecule has 12 heteroatoms. The number of carbonyl (C=O) groups excluding carboxylic acids is 2. The Balaban J connectivity index is 1.01. The predicted molar refractivity (Wildman–Crippen MR) is 241 cm³/mol. The summed E-state index contributed by atoms with van der Waals surface area (Å²) >= 11 is 6.73. The summed E-state index contributed by atoms with van der Waals surface area (Å²) in [5, 5.41) is 12.2. The van der Waals surface area contributed by atoms with Crippen LogP contribution in [-0.4, -0.2) is 72.4 Å². The number of thiocarbonyl (C=S) groups is 1. The van der Waals surface area contributed by atoms with Crippen LogP contribution in [0.5, 0.6) is 5.75 Å². The SMILES string of the molecule is CN(C(=O)CN1C(=O)/C(=C\C=C2\Oc3ccccc3N2C)SC1=S)c1ccc2c(c1)C(C)(C)C(/C=C/C=C1/N(C)c3ccc4ccccc4c3C1(C)C)[NH+]2CCC(=O)O. The van der Waals surface area contributed by atoms with Gasteiger partial charge < -0.3 is 24.5 Å². The largest absolute Gasteiger partial charge is 0.481 e. The van der Waals surface area contributed by atoms with Crippen molar-refractivity contribution < 1.29 is 29.1 Å². The van der Waals surface area contributed by atoms with E-state index in [-0.39, 0.29) is 36.2 Å². The van der Waals surface area contributed by atoms with Gasteiger partial charge in [0.15, 0.2) is 11.6 Å². The number of benzene rings is 4. The van der Waals surface area contributed by atoms with E-state index in [1.54, 1.807) is 24.1 Å². The number of para-hydroxylation sites is 2. The molecular formula is C47H48N5O5S2+. The Kier molecular flexibility index (Phi) is 10.3. The number of hydrogen-bond acceptors (Lipinski definition) is 8. The molecule has 1 saturated heterocycles. The molecule has 0 radical (unpaired) electrons. The predicted octanol–water partition coefficient (Wildman–Crippen LogP) is 7.44. The highest BCUT2D eigenvalue weighted by Gasteiger charge is 2.48. The van der Waals surface area contributed by atoms with Crippen molar-refractivity contribution in [3.05, 3.63) is 137 Å². The molecule has 2 unspecified atom stereocenters. The maximum Gasteiger partial charge on any atom is 0.309 e. The van der Waals surface area contributed by atoms with Gasteiger partial charge in [0.1, 0.15) is 22.6 Å². The second kappa shape index (κ2) is 15.2. The first-order chi connectivity index (χ1) is 28.1. The number of aliphatic carboxylic acids is 1. The summed E-state index contributed by atoms with van der Waals surface area (Å²) in [4.78, 5) is 47.7. The number of carboxylic acids is 1. The second-order valence-corrected chi connectivity index (χ2v) is 18.2. The first-order valence-electron chi connectivity index (χ1n) is 19.7. The Morgan fingerprint density at radius 1 is 0.949 bits per heavy atom. The van der Waals surface area contributed by atoms with E-state index in [0.29, 0.717) is 27.3 Å². The maximum atomic E-state index is 13.8. The van der Waals surface area contributed by atoms with E-state index in [2.05, 4.69) is 94.3 Å². The van der Waals surface area contributed by atoms with Crippen molar-refractivity contribution in [3.63, 3.8) is 0 Å². The summed E-state index contributed by atoms with van der Waals surface area (Å²) < 4.78 is 6.26. The zero-order valence-corrected chi connectivity index (χ0v) is 35.9. The number of allylic oxidation sites excluding steroid dienone is 5. The number of carbonyl (C=O) groups is 3. The summed E-state index contributed by atoms with van der Waals surface area (Å²) in [6.45, 7) is 9.08. The van der Waals surface area contributed by atoms with Gasteiger partial charge in [-0.25, -0.2) is 0 Å². The van der Waals surface area contributed by atoms with Crippen molar-refractivity contribution in [1.29, 1.82) is 0 Å². The van der Waals surface area contributed by atoms with E-state index < -0.39 is 11.4 Å². The van der Waals surface area contributed by atoms with Crippen LogP contribution in [0.4, 0.5) is 22.7 Å². The fourth-order valence-corrected chi connectivity index (χ4v) is 10.3. The van der Waals surface area contributed by atoms with Crippen LogP contribution in [0.25, 0.3) is 10.8 Å². The van der Waals surface area contributed by atoms with Crippen LogP contribution in [-0.2, 0) is 25.2 Å². The molecule has 0 aromatic heterocycles. The summed E-state index contributed by atoms with van der Waals surface area (Å²) in [5.41, 5.74) is 6.69. The van der Waals surface area contributed by atoms with Gasteiger partial charge in [0.2, 0.25) is 5.91 Å². The van der Waals surface area contributed by atoms with Gasteiger partial charge in [-0.3, -0.25) is 24.2 Å². The molecule has 0 bridgehead atoms. The molecule has 1 fully saturated rings. The van der Waals surface area contributed by atoms with Crippen molar-refractivity contribution in [2.45, 2.75) is 51.0 Å². The van der Waals surface area contributed by atoms with Gasteiger partial charge >= 0.3 is 5.97 Å². The lowest BCUT2D eigenvalue weighted by molar-refractivity contribution is -0.849. The quantitative estimate of drug-likeness (QED) is 0.132. The number of rotatable bonds is 9. The van der Waals surface area contributed by atoms with Crippen LogP contribution in [0.15, 0.2) is 126 Å². The van der Waals surface area contributed by atoms with Crippen molar-refractivity contribution in [2.24, 2.45) is 0 Å². The van der Waals surface area contributed by atoms with E-state index in [0.717, 1.165) is 39.3 Å². The van der Waals surface area contributed by atoms with E-state index in [4.69, 9.17) is 17.0 Å². The highest BCUT2D eigenvalue weighted by atomic mass is 32.2. The average Bonchev–Trinajstić information content (AvgIpc) is 3.82. The topological polar surface area (TPSA) is 98.1 Å². The molecule has 2 amide bonds. The lowest BCUT2D eigenvalue weighted by atomic mass is 9.79. The molecule has 8 rings (SSSR count). The normalized spacial score (nSPS) is 22.2. The molecule has 10 nitrogen and oxygen atoms in total. The Bertz CT molecular complexity index is 2570. The third-order valence-electron chi connectivity index (χ3n) is 12.3. The van der Waals surface area contributed by atoms with Crippen molar-refractivity contribution in [3.8, 4) is 5.75 Å². The number of nitrogens with one attached hydrogen (secondary N) is 1. The minimum Gasteiger partial charge on any atom is -0.481 e. The molecule has 302 valence electrons. The van der Waals surface area contributed by atoms with Crippen LogP contribution < -0.4 is 24.3 Å². The zero-order valence-electron chi connectivity index (χ0n) is 34.3. The third-order valence-corrected chi connectivity index (χ3v) is 13.7. The van der Waals surface area contributed by atoms with E-state index in [9.17, 15) is 19.5 Å². The summed E-state index contributed by atoms with van der Waals surface area (Å²) in [5.74, 6) is -0.154.